The van der Waals surface area contributed by atoms with Crippen LogP contribution in [0.5, 0.6) is 0 Å². The fourth-order valence-electron chi connectivity index (χ4n) is 2.83. The van der Waals surface area contributed by atoms with Crippen molar-refractivity contribution in [3.05, 3.63) is 42.0 Å². The Labute approximate surface area is 133 Å². The van der Waals surface area contributed by atoms with E-state index in [1.54, 1.807) is 28.6 Å². The second-order valence-electron chi connectivity index (χ2n) is 5.48. The molecule has 0 aliphatic carbocycles. The minimum absolute atomic E-state index is 0.0396. The summed E-state index contributed by atoms with van der Waals surface area (Å²) in [5.74, 6) is -0.408. The molecule has 0 radical (unpaired) electrons. The number of esters is 1. The minimum Gasteiger partial charge on any atom is -0.465 e. The number of benzene rings is 1. The Morgan fingerprint density at radius 3 is 2.87 bits per heavy atom. The van der Waals surface area contributed by atoms with Gasteiger partial charge in [-0.1, -0.05) is 0 Å². The van der Waals surface area contributed by atoms with Crippen LogP contribution in [0.15, 0.2) is 30.9 Å². The Kier molecular flexibility index (Phi) is 4.10. The van der Waals surface area contributed by atoms with E-state index in [1.807, 2.05) is 6.07 Å². The predicted molar refractivity (Wildman–Crippen MR) is 83.2 cm³/mol. The van der Waals surface area contributed by atoms with Gasteiger partial charge >= 0.3 is 5.97 Å². The molecule has 23 heavy (non-hydrogen) atoms. The van der Waals surface area contributed by atoms with Crippen LogP contribution < -0.4 is 4.90 Å². The second kappa shape index (κ2) is 6.20. The molecule has 0 bridgehead atoms. The normalized spacial score (nSPS) is 15.0. The number of aromatic nitrogens is 3. The summed E-state index contributed by atoms with van der Waals surface area (Å²) < 4.78 is 6.29. The van der Waals surface area contributed by atoms with Gasteiger partial charge in [-0.2, -0.15) is 5.10 Å². The number of methoxy groups -OCH3 is 1. The summed E-state index contributed by atoms with van der Waals surface area (Å²) in [4.78, 5) is 30.1. The molecule has 3 rings (SSSR count). The van der Waals surface area contributed by atoms with Crippen LogP contribution in [-0.2, 0) is 16.0 Å². The largest absolute Gasteiger partial charge is 0.465 e. The van der Waals surface area contributed by atoms with Gasteiger partial charge in [0.2, 0.25) is 0 Å². The van der Waals surface area contributed by atoms with Crippen molar-refractivity contribution in [2.45, 2.75) is 25.8 Å². The quantitative estimate of drug-likeness (QED) is 0.804. The van der Waals surface area contributed by atoms with Gasteiger partial charge in [0.15, 0.2) is 0 Å². The first-order valence-corrected chi connectivity index (χ1v) is 7.48. The van der Waals surface area contributed by atoms with Crippen LogP contribution in [-0.4, -0.2) is 40.3 Å². The van der Waals surface area contributed by atoms with Gasteiger partial charge in [0.05, 0.1) is 12.7 Å². The van der Waals surface area contributed by atoms with Gasteiger partial charge in [0, 0.05) is 12.2 Å². The van der Waals surface area contributed by atoms with Crippen molar-refractivity contribution in [1.82, 2.24) is 14.8 Å². The van der Waals surface area contributed by atoms with Crippen LogP contribution in [0.2, 0.25) is 0 Å². The molecule has 0 saturated carbocycles. The van der Waals surface area contributed by atoms with Gasteiger partial charge in [-0.05, 0) is 43.5 Å². The molecule has 2 heterocycles. The Bertz CT molecular complexity index is 727. The number of rotatable bonds is 3. The molecule has 1 atom stereocenters. The third-order valence-electron chi connectivity index (χ3n) is 4.08. The lowest BCUT2D eigenvalue weighted by atomic mass is 9.98. The molecule has 0 N–H and O–H groups in total. The fourth-order valence-corrected chi connectivity index (χ4v) is 2.83. The Morgan fingerprint density at radius 1 is 1.35 bits per heavy atom. The summed E-state index contributed by atoms with van der Waals surface area (Å²) in [5, 5.41) is 4.03. The Balaban J connectivity index is 1.89. The topological polar surface area (TPSA) is 77.3 Å². The number of carbonyl (C=O) groups is 2. The molecule has 1 unspecified atom stereocenters. The van der Waals surface area contributed by atoms with Gasteiger partial charge in [0.1, 0.15) is 18.7 Å². The van der Waals surface area contributed by atoms with Gasteiger partial charge < -0.3 is 9.64 Å². The first kappa shape index (κ1) is 15.2. The standard InChI is InChI=1S/C16H18N4O3/c1-11(20-10-17-9-18-20)15(21)19-7-3-4-12-8-13(16(22)23-2)5-6-14(12)19/h5-6,8-11H,3-4,7H2,1-2H3. The molecule has 7 heteroatoms. The summed E-state index contributed by atoms with van der Waals surface area (Å²) in [5.41, 5.74) is 2.34. The fraction of sp³-hybridized carbons (Fsp3) is 0.375. The molecule has 1 amide bonds. The molecule has 0 saturated heterocycles. The van der Waals surface area contributed by atoms with E-state index in [9.17, 15) is 9.59 Å². The van der Waals surface area contributed by atoms with Crippen molar-refractivity contribution in [2.24, 2.45) is 0 Å². The van der Waals surface area contributed by atoms with E-state index >= 15 is 0 Å². The summed E-state index contributed by atoms with van der Waals surface area (Å²) in [7, 11) is 1.36. The number of fused-ring (bicyclic) bond motifs is 1. The van der Waals surface area contributed by atoms with Crippen LogP contribution in [0.25, 0.3) is 0 Å². The zero-order chi connectivity index (χ0) is 16.4. The van der Waals surface area contributed by atoms with Crippen molar-refractivity contribution in [1.29, 1.82) is 0 Å². The minimum atomic E-state index is -0.427. The number of hydrogen-bond donors (Lipinski definition) is 0. The van der Waals surface area contributed by atoms with Crippen LogP contribution in [0.3, 0.4) is 0 Å². The van der Waals surface area contributed by atoms with Crippen molar-refractivity contribution in [2.75, 3.05) is 18.6 Å². The van der Waals surface area contributed by atoms with Crippen molar-refractivity contribution < 1.29 is 14.3 Å². The van der Waals surface area contributed by atoms with Crippen LogP contribution in [0, 0.1) is 0 Å². The van der Waals surface area contributed by atoms with Gasteiger partial charge in [0.25, 0.3) is 5.91 Å². The summed E-state index contributed by atoms with van der Waals surface area (Å²) in [6.45, 7) is 2.45. The van der Waals surface area contributed by atoms with E-state index in [1.165, 1.54) is 19.8 Å². The third-order valence-corrected chi connectivity index (χ3v) is 4.08. The van der Waals surface area contributed by atoms with Crippen LogP contribution >= 0.6 is 0 Å². The molecular formula is C16H18N4O3. The molecular weight excluding hydrogens is 296 g/mol. The van der Waals surface area contributed by atoms with Gasteiger partial charge in [-0.3, -0.25) is 4.79 Å². The second-order valence-corrected chi connectivity index (χ2v) is 5.48. The first-order valence-electron chi connectivity index (χ1n) is 7.48. The number of aryl methyl sites for hydroxylation is 1. The van der Waals surface area contributed by atoms with E-state index in [0.717, 1.165) is 24.1 Å². The van der Waals surface area contributed by atoms with Crippen LogP contribution in [0.4, 0.5) is 5.69 Å². The number of hydrogen-bond acceptors (Lipinski definition) is 5. The van der Waals surface area contributed by atoms with Crippen molar-refractivity contribution in [3.8, 4) is 0 Å². The smallest absolute Gasteiger partial charge is 0.337 e. The number of carbonyl (C=O) groups excluding carboxylic acids is 2. The number of amides is 1. The zero-order valence-electron chi connectivity index (χ0n) is 13.1. The Morgan fingerprint density at radius 2 is 2.17 bits per heavy atom. The molecule has 1 aliphatic rings. The lowest BCUT2D eigenvalue weighted by Gasteiger charge is -2.31. The summed E-state index contributed by atoms with van der Waals surface area (Å²) >= 11 is 0. The number of anilines is 1. The van der Waals surface area contributed by atoms with E-state index in [4.69, 9.17) is 4.74 Å². The summed E-state index contributed by atoms with van der Waals surface area (Å²) in [6, 6.07) is 4.88. The highest BCUT2D eigenvalue weighted by Crippen LogP contribution is 2.30. The zero-order valence-corrected chi connectivity index (χ0v) is 13.1. The highest BCUT2D eigenvalue weighted by atomic mass is 16.5. The molecule has 1 aliphatic heterocycles. The molecule has 0 fully saturated rings. The lowest BCUT2D eigenvalue weighted by molar-refractivity contribution is -0.121. The van der Waals surface area contributed by atoms with E-state index in [0.29, 0.717) is 12.1 Å². The van der Waals surface area contributed by atoms with E-state index in [-0.39, 0.29) is 11.9 Å². The predicted octanol–water partition coefficient (Wildman–Crippen LogP) is 1.61. The molecule has 120 valence electrons. The molecule has 1 aromatic carbocycles. The average Bonchev–Trinajstić information content (AvgIpc) is 3.13. The molecule has 2 aromatic rings. The van der Waals surface area contributed by atoms with Gasteiger partial charge in [-0.15, -0.1) is 0 Å². The lowest BCUT2D eigenvalue weighted by Crippen LogP contribution is -2.40. The van der Waals surface area contributed by atoms with Crippen LogP contribution in [0.1, 0.15) is 35.3 Å². The summed E-state index contributed by atoms with van der Waals surface area (Å²) in [6.07, 6.45) is 4.64. The van der Waals surface area contributed by atoms with Crippen molar-refractivity contribution >= 4 is 17.6 Å². The maximum absolute atomic E-state index is 12.8. The number of nitrogens with zero attached hydrogens (tertiary/aromatic N) is 4. The molecule has 7 nitrogen and oxygen atoms in total. The van der Waals surface area contributed by atoms with Crippen molar-refractivity contribution in [3.63, 3.8) is 0 Å². The highest BCUT2D eigenvalue weighted by molar-refractivity contribution is 5.98. The molecule has 1 aromatic heterocycles. The third kappa shape index (κ3) is 2.81. The highest BCUT2D eigenvalue weighted by Gasteiger charge is 2.28. The van der Waals surface area contributed by atoms with E-state index in [2.05, 4.69) is 10.1 Å². The number of ether oxygens (including phenoxy) is 1. The maximum atomic E-state index is 12.8. The first-order chi connectivity index (χ1) is 11.1. The average molecular weight is 314 g/mol. The SMILES string of the molecule is COC(=O)c1ccc2c(c1)CCCN2C(=O)C(C)n1cncn1. The molecule has 0 spiro atoms. The van der Waals surface area contributed by atoms with E-state index < -0.39 is 6.04 Å². The van der Waals surface area contributed by atoms with Gasteiger partial charge in [-0.25, -0.2) is 14.5 Å². The Hall–Kier alpha value is -2.70. The monoisotopic (exact) mass is 314 g/mol. The maximum Gasteiger partial charge on any atom is 0.337 e.